The summed E-state index contributed by atoms with van der Waals surface area (Å²) in [7, 11) is 1.67. The Morgan fingerprint density at radius 1 is 1.06 bits per heavy atom. The standard InChI is InChI=1S/C25H21ClN4O2S/c1-15-13-16(11-12-21(15)31-2)23-27-20-10-6-4-8-18(20)22-24(32-23)28-25(30-29-22)33-14-17-7-3-5-9-19(17)26/h3-13,23,27H,14H2,1-2H3/t23-/m1/s1. The summed E-state index contributed by atoms with van der Waals surface area (Å²) in [5.41, 5.74) is 5.40. The number of nitrogens with one attached hydrogen (secondary N) is 1. The van der Waals surface area contributed by atoms with Crippen molar-refractivity contribution in [2.24, 2.45) is 0 Å². The molecule has 4 aromatic rings. The number of nitrogens with zero attached hydrogens (tertiary/aromatic N) is 3. The summed E-state index contributed by atoms with van der Waals surface area (Å²) in [6.07, 6.45) is -0.449. The van der Waals surface area contributed by atoms with Gasteiger partial charge in [0.1, 0.15) is 5.75 Å². The monoisotopic (exact) mass is 476 g/mol. The molecule has 2 heterocycles. The van der Waals surface area contributed by atoms with Crippen LogP contribution < -0.4 is 14.8 Å². The summed E-state index contributed by atoms with van der Waals surface area (Å²) in [5, 5.41) is 13.5. The minimum Gasteiger partial charge on any atom is -0.496 e. The summed E-state index contributed by atoms with van der Waals surface area (Å²) < 4.78 is 11.8. The molecule has 0 unspecified atom stereocenters. The number of rotatable bonds is 5. The Hall–Kier alpha value is -3.29. The van der Waals surface area contributed by atoms with Crippen LogP contribution in [0.2, 0.25) is 5.02 Å². The predicted octanol–water partition coefficient (Wildman–Crippen LogP) is 6.30. The lowest BCUT2D eigenvalue weighted by Gasteiger charge is -2.20. The molecule has 3 aromatic carbocycles. The van der Waals surface area contributed by atoms with E-state index in [1.54, 1.807) is 7.11 Å². The molecular weight excluding hydrogens is 456 g/mol. The van der Waals surface area contributed by atoms with Crippen molar-refractivity contribution in [1.82, 2.24) is 15.2 Å². The van der Waals surface area contributed by atoms with Crippen molar-refractivity contribution in [3.63, 3.8) is 0 Å². The van der Waals surface area contributed by atoms with Gasteiger partial charge in [0, 0.05) is 27.6 Å². The largest absolute Gasteiger partial charge is 0.496 e. The highest BCUT2D eigenvalue weighted by Crippen LogP contribution is 2.40. The number of fused-ring (bicyclic) bond motifs is 3. The third-order valence-corrected chi connectivity index (χ3v) is 6.63. The zero-order chi connectivity index (χ0) is 22.8. The number of anilines is 1. The fourth-order valence-corrected chi connectivity index (χ4v) is 4.75. The summed E-state index contributed by atoms with van der Waals surface area (Å²) >= 11 is 7.76. The van der Waals surface area contributed by atoms with Crippen molar-refractivity contribution in [1.29, 1.82) is 0 Å². The fourth-order valence-electron chi connectivity index (χ4n) is 3.68. The van der Waals surface area contributed by atoms with Crippen molar-refractivity contribution in [3.8, 4) is 22.9 Å². The van der Waals surface area contributed by atoms with Gasteiger partial charge in [-0.3, -0.25) is 0 Å². The molecular formula is C25H21ClN4O2S. The van der Waals surface area contributed by atoms with Gasteiger partial charge in [-0.25, -0.2) is 0 Å². The van der Waals surface area contributed by atoms with E-state index in [-0.39, 0.29) is 0 Å². The lowest BCUT2D eigenvalue weighted by atomic mass is 10.1. The molecule has 0 aliphatic carbocycles. The molecule has 1 aromatic heterocycles. The van der Waals surface area contributed by atoms with Crippen LogP contribution in [0.4, 0.5) is 5.69 Å². The predicted molar refractivity (Wildman–Crippen MR) is 131 cm³/mol. The van der Waals surface area contributed by atoms with E-state index < -0.39 is 6.23 Å². The highest BCUT2D eigenvalue weighted by Gasteiger charge is 2.26. The molecule has 5 rings (SSSR count). The number of methoxy groups -OCH3 is 1. The Kier molecular flexibility index (Phi) is 6.07. The second-order valence-electron chi connectivity index (χ2n) is 7.55. The molecule has 0 fully saturated rings. The summed E-state index contributed by atoms with van der Waals surface area (Å²) in [6, 6.07) is 21.6. The van der Waals surface area contributed by atoms with Crippen molar-refractivity contribution < 1.29 is 9.47 Å². The number of hydrogen-bond donors (Lipinski definition) is 1. The van der Waals surface area contributed by atoms with Gasteiger partial charge >= 0.3 is 0 Å². The maximum Gasteiger partial charge on any atom is 0.247 e. The van der Waals surface area contributed by atoms with E-state index in [2.05, 4.69) is 15.5 Å². The summed E-state index contributed by atoms with van der Waals surface area (Å²) in [6.45, 7) is 2.01. The first-order valence-corrected chi connectivity index (χ1v) is 11.8. The van der Waals surface area contributed by atoms with Gasteiger partial charge < -0.3 is 14.8 Å². The molecule has 0 bridgehead atoms. The third-order valence-electron chi connectivity index (χ3n) is 5.37. The maximum atomic E-state index is 6.37. The van der Waals surface area contributed by atoms with E-state index in [0.29, 0.717) is 22.5 Å². The normalized spacial score (nSPS) is 14.3. The number of aromatic nitrogens is 3. The van der Waals surface area contributed by atoms with Crippen LogP contribution in [0.1, 0.15) is 22.9 Å². The molecule has 1 N–H and O–H groups in total. The van der Waals surface area contributed by atoms with E-state index in [9.17, 15) is 0 Å². The molecule has 0 saturated heterocycles. The smallest absolute Gasteiger partial charge is 0.247 e. The number of benzene rings is 3. The molecule has 33 heavy (non-hydrogen) atoms. The van der Waals surface area contributed by atoms with Crippen LogP contribution in [0.3, 0.4) is 0 Å². The van der Waals surface area contributed by atoms with Gasteiger partial charge in [0.15, 0.2) is 11.9 Å². The lowest BCUT2D eigenvalue weighted by molar-refractivity contribution is 0.225. The average Bonchev–Trinajstić information content (AvgIpc) is 3.00. The number of aryl methyl sites for hydroxylation is 1. The van der Waals surface area contributed by atoms with Gasteiger partial charge in [-0.2, -0.15) is 4.98 Å². The lowest BCUT2D eigenvalue weighted by Crippen LogP contribution is -2.17. The number of para-hydroxylation sites is 1. The molecule has 1 atom stereocenters. The number of hydrogen-bond acceptors (Lipinski definition) is 7. The van der Waals surface area contributed by atoms with Crippen molar-refractivity contribution in [3.05, 3.63) is 88.4 Å². The number of thioether (sulfide) groups is 1. The van der Waals surface area contributed by atoms with Crippen molar-refractivity contribution in [2.75, 3.05) is 12.4 Å². The van der Waals surface area contributed by atoms with E-state index >= 15 is 0 Å². The van der Waals surface area contributed by atoms with Crippen LogP contribution in [-0.4, -0.2) is 22.3 Å². The van der Waals surface area contributed by atoms with Crippen molar-refractivity contribution >= 4 is 29.1 Å². The van der Waals surface area contributed by atoms with Crippen LogP contribution in [0.5, 0.6) is 11.6 Å². The fraction of sp³-hybridized carbons (Fsp3) is 0.160. The van der Waals surface area contributed by atoms with Gasteiger partial charge in [0.25, 0.3) is 0 Å². The van der Waals surface area contributed by atoms with Gasteiger partial charge in [0.05, 0.1) is 7.11 Å². The maximum absolute atomic E-state index is 6.37. The molecule has 8 heteroatoms. The van der Waals surface area contributed by atoms with Crippen LogP contribution in [0.25, 0.3) is 11.3 Å². The molecule has 6 nitrogen and oxygen atoms in total. The summed E-state index contributed by atoms with van der Waals surface area (Å²) in [5.74, 6) is 1.90. The molecule has 1 aliphatic heterocycles. The van der Waals surface area contributed by atoms with Gasteiger partial charge in [0.2, 0.25) is 11.0 Å². The first kappa shape index (κ1) is 21.6. The zero-order valence-electron chi connectivity index (χ0n) is 18.1. The Bertz CT molecular complexity index is 1320. The van der Waals surface area contributed by atoms with Crippen LogP contribution >= 0.6 is 23.4 Å². The van der Waals surface area contributed by atoms with E-state index in [1.807, 2.05) is 73.7 Å². The molecule has 0 amide bonds. The van der Waals surface area contributed by atoms with Gasteiger partial charge in [-0.1, -0.05) is 59.8 Å². The van der Waals surface area contributed by atoms with E-state index in [4.69, 9.17) is 26.1 Å². The number of halogens is 1. The van der Waals surface area contributed by atoms with Gasteiger partial charge in [-0.15, -0.1) is 10.2 Å². The van der Waals surface area contributed by atoms with Crippen molar-refractivity contribution in [2.45, 2.75) is 24.1 Å². The van der Waals surface area contributed by atoms with E-state index in [1.165, 1.54) is 11.8 Å². The Labute approximate surface area is 201 Å². The van der Waals surface area contributed by atoms with E-state index in [0.717, 1.165) is 38.7 Å². The zero-order valence-corrected chi connectivity index (χ0v) is 19.7. The topological polar surface area (TPSA) is 69.2 Å². The SMILES string of the molecule is COc1ccc([C@@H]2Nc3ccccc3-c3nnc(SCc4ccccc4Cl)nc3O2)cc1C. The van der Waals surface area contributed by atoms with Crippen LogP contribution in [-0.2, 0) is 5.75 Å². The Morgan fingerprint density at radius 3 is 2.70 bits per heavy atom. The Morgan fingerprint density at radius 2 is 1.88 bits per heavy atom. The highest BCUT2D eigenvalue weighted by atomic mass is 35.5. The minimum absolute atomic E-state index is 0.433. The average molecular weight is 477 g/mol. The second-order valence-corrected chi connectivity index (χ2v) is 8.89. The Balaban J connectivity index is 1.50. The van der Waals surface area contributed by atoms with Crippen LogP contribution in [0, 0.1) is 6.92 Å². The number of ether oxygens (including phenoxy) is 2. The summed E-state index contributed by atoms with van der Waals surface area (Å²) in [4.78, 5) is 4.71. The molecule has 0 saturated carbocycles. The minimum atomic E-state index is -0.449. The molecule has 0 spiro atoms. The first-order chi connectivity index (χ1) is 16.1. The molecule has 0 radical (unpaired) electrons. The second kappa shape index (κ2) is 9.29. The first-order valence-electron chi connectivity index (χ1n) is 10.4. The van der Waals surface area contributed by atoms with Gasteiger partial charge in [-0.05, 0) is 48.4 Å². The third kappa shape index (κ3) is 4.47. The van der Waals surface area contributed by atoms with Crippen LogP contribution in [0.15, 0.2) is 71.9 Å². The molecule has 1 aliphatic rings. The quantitative estimate of drug-likeness (QED) is 0.339. The molecule has 166 valence electrons. The highest BCUT2D eigenvalue weighted by molar-refractivity contribution is 7.98.